The molecule has 0 amide bonds. The van der Waals surface area contributed by atoms with Crippen molar-refractivity contribution in [1.82, 2.24) is 0 Å². The van der Waals surface area contributed by atoms with Crippen LogP contribution in [0.25, 0.3) is 0 Å². The SMILES string of the molecule is CO[C@@]12C(=O)c3c(O)cc(O)cc3O[C@@]1(c1ccc(O)cc1)Oc1cc(O)c3c(c12)O[C@@H](c1ccc(O)cc1)[C@H](O)C3. The maximum atomic E-state index is 14.6. The van der Waals surface area contributed by atoms with E-state index in [-0.39, 0.29) is 68.9 Å². The van der Waals surface area contributed by atoms with Crippen LogP contribution in [0.1, 0.15) is 38.7 Å². The molecule has 3 aliphatic rings. The van der Waals surface area contributed by atoms with E-state index in [1.807, 2.05) is 0 Å². The summed E-state index contributed by atoms with van der Waals surface area (Å²) in [6, 6.07) is 15.1. The van der Waals surface area contributed by atoms with Crippen molar-refractivity contribution in [2.75, 3.05) is 7.11 Å². The van der Waals surface area contributed by atoms with Crippen LogP contribution in [0.4, 0.5) is 0 Å². The molecule has 6 N–H and O–H groups in total. The van der Waals surface area contributed by atoms with Crippen LogP contribution in [-0.4, -0.2) is 49.6 Å². The minimum atomic E-state index is -2.19. The van der Waals surface area contributed by atoms with Crippen molar-refractivity contribution in [3.8, 4) is 46.0 Å². The van der Waals surface area contributed by atoms with Gasteiger partial charge in [-0.05, 0) is 42.0 Å². The molecule has 7 rings (SSSR count). The van der Waals surface area contributed by atoms with Gasteiger partial charge >= 0.3 is 5.79 Å². The van der Waals surface area contributed by atoms with Crippen molar-refractivity contribution in [2.24, 2.45) is 0 Å². The Morgan fingerprint density at radius 1 is 0.810 bits per heavy atom. The second kappa shape index (κ2) is 8.68. The molecular weight excluding hydrogens is 548 g/mol. The summed E-state index contributed by atoms with van der Waals surface area (Å²) >= 11 is 0. The van der Waals surface area contributed by atoms with Crippen LogP contribution < -0.4 is 14.2 Å². The molecule has 4 atom stereocenters. The van der Waals surface area contributed by atoms with Crippen molar-refractivity contribution in [1.29, 1.82) is 0 Å². The summed E-state index contributed by atoms with van der Waals surface area (Å²) in [5, 5.41) is 62.9. The molecule has 42 heavy (non-hydrogen) atoms. The molecule has 0 spiro atoms. The summed E-state index contributed by atoms with van der Waals surface area (Å²) in [5.41, 5.74) is -1.51. The Balaban J connectivity index is 1.52. The van der Waals surface area contributed by atoms with Gasteiger partial charge in [-0.3, -0.25) is 4.79 Å². The van der Waals surface area contributed by atoms with Gasteiger partial charge in [-0.2, -0.15) is 0 Å². The quantitative estimate of drug-likeness (QED) is 0.212. The van der Waals surface area contributed by atoms with Gasteiger partial charge in [0.05, 0.1) is 11.7 Å². The predicted molar refractivity (Wildman–Crippen MR) is 143 cm³/mol. The monoisotopic (exact) mass is 572 g/mol. The molecule has 0 bridgehead atoms. The minimum absolute atomic E-state index is 0.00884. The second-order valence-corrected chi connectivity index (χ2v) is 10.4. The van der Waals surface area contributed by atoms with Crippen LogP contribution in [0.3, 0.4) is 0 Å². The number of aliphatic hydroxyl groups is 1. The van der Waals surface area contributed by atoms with Crippen LogP contribution in [0, 0.1) is 0 Å². The number of aromatic hydroxyl groups is 5. The van der Waals surface area contributed by atoms with E-state index >= 15 is 0 Å². The fourth-order valence-corrected chi connectivity index (χ4v) is 6.18. The number of fused-ring (bicyclic) bond motifs is 6. The lowest BCUT2D eigenvalue weighted by atomic mass is 9.73. The largest absolute Gasteiger partial charge is 0.508 e. The predicted octanol–water partition coefficient (Wildman–Crippen LogP) is 3.61. The van der Waals surface area contributed by atoms with Crippen molar-refractivity contribution < 1.29 is 54.4 Å². The second-order valence-electron chi connectivity index (χ2n) is 10.4. The highest BCUT2D eigenvalue weighted by Gasteiger charge is 2.74. The molecule has 0 saturated carbocycles. The van der Waals surface area contributed by atoms with Crippen LogP contribution in [0.5, 0.6) is 46.0 Å². The van der Waals surface area contributed by atoms with Gasteiger partial charge in [-0.15, -0.1) is 0 Å². The number of carbonyl (C=O) groups is 1. The molecule has 0 radical (unpaired) electrons. The zero-order chi connectivity index (χ0) is 29.6. The van der Waals surface area contributed by atoms with E-state index in [0.717, 1.165) is 12.1 Å². The third-order valence-corrected chi connectivity index (χ3v) is 8.04. The highest BCUT2D eigenvalue weighted by molar-refractivity contribution is 6.10. The van der Waals surface area contributed by atoms with E-state index in [1.165, 1.54) is 49.6 Å². The Labute approximate surface area is 238 Å². The Morgan fingerprint density at radius 2 is 1.45 bits per heavy atom. The summed E-state index contributed by atoms with van der Waals surface area (Å²) in [4.78, 5) is 14.6. The molecule has 3 heterocycles. The van der Waals surface area contributed by atoms with Crippen molar-refractivity contribution in [2.45, 2.75) is 30.0 Å². The molecular formula is C31H24O11. The summed E-state index contributed by atoms with van der Waals surface area (Å²) in [7, 11) is 1.26. The summed E-state index contributed by atoms with van der Waals surface area (Å²) in [6.07, 6.45) is -2.16. The number of methoxy groups -OCH3 is 1. The summed E-state index contributed by atoms with van der Waals surface area (Å²) in [6.45, 7) is 0. The zero-order valence-corrected chi connectivity index (χ0v) is 21.9. The molecule has 214 valence electrons. The highest BCUT2D eigenvalue weighted by atomic mass is 16.7. The third-order valence-electron chi connectivity index (χ3n) is 8.04. The van der Waals surface area contributed by atoms with E-state index in [0.29, 0.717) is 5.56 Å². The van der Waals surface area contributed by atoms with Crippen LogP contribution in [0.15, 0.2) is 66.7 Å². The fraction of sp³-hybridized carbons (Fsp3) is 0.194. The van der Waals surface area contributed by atoms with Crippen LogP contribution in [0.2, 0.25) is 0 Å². The molecule has 4 aromatic carbocycles. The number of ketones is 1. The maximum absolute atomic E-state index is 14.6. The van der Waals surface area contributed by atoms with Gasteiger partial charge in [0.15, 0.2) is 0 Å². The zero-order valence-electron chi connectivity index (χ0n) is 21.9. The normalized spacial score (nSPS) is 25.2. The summed E-state index contributed by atoms with van der Waals surface area (Å²) in [5.74, 6) is -4.41. The van der Waals surface area contributed by atoms with Crippen molar-refractivity contribution in [3.05, 3.63) is 94.5 Å². The first-order valence-electron chi connectivity index (χ1n) is 13.0. The van der Waals surface area contributed by atoms with Gasteiger partial charge in [-0.1, -0.05) is 12.1 Å². The molecule has 0 aromatic heterocycles. The van der Waals surface area contributed by atoms with E-state index < -0.39 is 35.1 Å². The Hall–Kier alpha value is -5.13. The van der Waals surface area contributed by atoms with Crippen LogP contribution >= 0.6 is 0 Å². The first-order valence-corrected chi connectivity index (χ1v) is 13.0. The number of rotatable bonds is 3. The summed E-state index contributed by atoms with van der Waals surface area (Å²) < 4.78 is 25.2. The number of hydrogen-bond donors (Lipinski definition) is 6. The molecule has 0 saturated heterocycles. The first kappa shape index (κ1) is 25.8. The fourth-order valence-electron chi connectivity index (χ4n) is 6.18. The van der Waals surface area contributed by atoms with Gasteiger partial charge in [0.2, 0.25) is 11.4 Å². The van der Waals surface area contributed by atoms with Gasteiger partial charge in [0.25, 0.3) is 0 Å². The molecule has 0 fully saturated rings. The number of aliphatic hydroxyl groups excluding tert-OH is 1. The number of phenols is 5. The van der Waals surface area contributed by atoms with E-state index in [1.54, 1.807) is 12.1 Å². The Bertz CT molecular complexity index is 1770. The highest BCUT2D eigenvalue weighted by Crippen LogP contribution is 2.65. The number of phenolic OH excluding ortho intramolecular Hbond substituents is 5. The van der Waals surface area contributed by atoms with E-state index in [4.69, 9.17) is 18.9 Å². The number of benzene rings is 4. The molecule has 3 aliphatic heterocycles. The van der Waals surface area contributed by atoms with Crippen molar-refractivity contribution in [3.63, 3.8) is 0 Å². The molecule has 0 unspecified atom stereocenters. The number of hydrogen-bond acceptors (Lipinski definition) is 11. The van der Waals surface area contributed by atoms with Crippen molar-refractivity contribution >= 4 is 5.78 Å². The lowest BCUT2D eigenvalue weighted by Crippen LogP contribution is -2.61. The molecule has 11 nitrogen and oxygen atoms in total. The van der Waals surface area contributed by atoms with E-state index in [2.05, 4.69) is 0 Å². The van der Waals surface area contributed by atoms with Gasteiger partial charge in [-0.25, -0.2) is 0 Å². The first-order chi connectivity index (χ1) is 20.1. The molecule has 0 aliphatic carbocycles. The lowest BCUT2D eigenvalue weighted by Gasteiger charge is -2.45. The molecule has 11 heteroatoms. The maximum Gasteiger partial charge on any atom is 0.320 e. The van der Waals surface area contributed by atoms with Gasteiger partial charge < -0.3 is 49.6 Å². The number of carbonyl (C=O) groups excluding carboxylic acids is 1. The molecule has 4 aromatic rings. The minimum Gasteiger partial charge on any atom is -0.508 e. The average Bonchev–Trinajstić information content (AvgIpc) is 3.24. The standard InChI is InChI=1S/C31H24O11/c1-39-30-26-24(13-20(35)19-12-22(37)27(40-28(19)26)14-2-6-16(32)7-3-14)42-31(30,15-4-8-17(33)9-5-15)41-23-11-18(34)10-21(36)25(23)29(30)38/h2-11,13,22,27,32-37H,12H2,1H3/t22-,27+,30+,31+/m1/s1. The number of ether oxygens (including phenoxy) is 4. The number of Topliss-reactive ketones (excluding diaryl/α,β-unsaturated/α-hetero) is 1. The average molecular weight is 573 g/mol. The van der Waals surface area contributed by atoms with Crippen LogP contribution in [-0.2, 0) is 22.5 Å². The van der Waals surface area contributed by atoms with E-state index in [9.17, 15) is 35.4 Å². The Kier molecular flexibility index (Phi) is 5.34. The van der Waals surface area contributed by atoms with Gasteiger partial charge in [0.1, 0.15) is 57.7 Å². The topological polar surface area (TPSA) is 175 Å². The van der Waals surface area contributed by atoms with Gasteiger partial charge in [0, 0.05) is 42.9 Å². The lowest BCUT2D eigenvalue weighted by molar-refractivity contribution is -0.229. The smallest absolute Gasteiger partial charge is 0.320 e. The Morgan fingerprint density at radius 3 is 2.12 bits per heavy atom. The third kappa shape index (κ3) is 3.25.